The van der Waals surface area contributed by atoms with Crippen LogP contribution in [0.1, 0.15) is 199 Å². The predicted molar refractivity (Wildman–Crippen MR) is 174 cm³/mol. The molecule has 1 rings (SSSR count). The Hall–Kier alpha value is -0.630. The van der Waals surface area contributed by atoms with E-state index in [-0.39, 0.29) is 0 Å². The van der Waals surface area contributed by atoms with Crippen LogP contribution in [0.4, 0.5) is 0 Å². The second kappa shape index (κ2) is 24.2. The van der Waals surface area contributed by atoms with Crippen LogP contribution in [0.25, 0.3) is 0 Å². The van der Waals surface area contributed by atoms with Crippen molar-refractivity contribution in [2.75, 3.05) is 5.75 Å². The zero-order chi connectivity index (χ0) is 27.8. The number of thioether (sulfide) groups is 1. The van der Waals surface area contributed by atoms with Crippen molar-refractivity contribution in [1.82, 2.24) is 0 Å². The van der Waals surface area contributed by atoms with Crippen molar-refractivity contribution in [2.45, 2.75) is 193 Å². The predicted octanol–water partition coefficient (Wildman–Crippen LogP) is 13.3. The Balaban J connectivity index is 2.27. The van der Waals surface area contributed by atoms with Crippen molar-refractivity contribution in [1.29, 1.82) is 0 Å². The average molecular weight is 547 g/mol. The lowest BCUT2D eigenvalue weighted by atomic mass is 9.88. The van der Waals surface area contributed by atoms with Crippen LogP contribution in [0.5, 0.6) is 5.75 Å². The zero-order valence-corrected chi connectivity index (χ0v) is 27.2. The van der Waals surface area contributed by atoms with Crippen LogP contribution >= 0.6 is 11.8 Å². The lowest BCUT2D eigenvalue weighted by Gasteiger charge is -2.21. The summed E-state index contributed by atoms with van der Waals surface area (Å²) in [6.45, 7) is 11.4. The van der Waals surface area contributed by atoms with Crippen molar-refractivity contribution in [2.24, 2.45) is 0 Å². The van der Waals surface area contributed by atoms with Gasteiger partial charge in [0, 0.05) is 4.90 Å². The number of aromatic hydroxyl groups is 1. The Morgan fingerprint density at radius 3 is 1.24 bits per heavy atom. The van der Waals surface area contributed by atoms with E-state index in [1.165, 1.54) is 163 Å². The molecule has 0 aliphatic heterocycles. The zero-order valence-electron chi connectivity index (χ0n) is 26.4. The molecule has 1 nitrogen and oxygen atoms in total. The summed E-state index contributed by atoms with van der Waals surface area (Å²) in [4.78, 5) is 1.38. The van der Waals surface area contributed by atoms with Gasteiger partial charge in [0.05, 0.1) is 0 Å². The second-order valence-electron chi connectivity index (χ2n) is 12.2. The molecule has 0 saturated heterocycles. The standard InChI is InChI=1S/C36H66OS/c1-6-9-12-13-14-15-16-17-18-19-20-21-22-23-24-25-28-38-33-29-34(31(4)26-10-7-2)36(37)35(30-33)32(5)27-11-8-3/h29-32,37H,6-28H2,1-5H3. The minimum Gasteiger partial charge on any atom is -0.507 e. The highest BCUT2D eigenvalue weighted by molar-refractivity contribution is 7.99. The number of benzene rings is 1. The van der Waals surface area contributed by atoms with Crippen LogP contribution < -0.4 is 0 Å². The smallest absolute Gasteiger partial charge is 0.122 e. The van der Waals surface area contributed by atoms with E-state index in [0.29, 0.717) is 17.6 Å². The highest BCUT2D eigenvalue weighted by Crippen LogP contribution is 2.40. The molecule has 1 aromatic rings. The van der Waals surface area contributed by atoms with Crippen molar-refractivity contribution in [3.05, 3.63) is 23.3 Å². The van der Waals surface area contributed by atoms with Gasteiger partial charge in [0.25, 0.3) is 0 Å². The first-order valence-electron chi connectivity index (χ1n) is 17.0. The summed E-state index contributed by atoms with van der Waals surface area (Å²) in [5.41, 5.74) is 2.38. The largest absolute Gasteiger partial charge is 0.507 e. The van der Waals surface area contributed by atoms with Crippen molar-refractivity contribution in [3.63, 3.8) is 0 Å². The molecule has 1 aromatic carbocycles. The molecular formula is C36H66OS. The maximum Gasteiger partial charge on any atom is 0.122 e. The fraction of sp³-hybridized carbons (Fsp3) is 0.833. The molecule has 0 heterocycles. The van der Waals surface area contributed by atoms with Crippen LogP contribution in [0.3, 0.4) is 0 Å². The van der Waals surface area contributed by atoms with Gasteiger partial charge in [0.1, 0.15) is 5.75 Å². The molecule has 0 aliphatic carbocycles. The van der Waals surface area contributed by atoms with Gasteiger partial charge in [-0.15, -0.1) is 11.8 Å². The molecule has 0 aliphatic rings. The third kappa shape index (κ3) is 16.5. The monoisotopic (exact) mass is 546 g/mol. The summed E-state index contributed by atoms with van der Waals surface area (Å²) in [5.74, 6) is 2.66. The van der Waals surface area contributed by atoms with Gasteiger partial charge in [-0.2, -0.15) is 0 Å². The van der Waals surface area contributed by atoms with E-state index in [2.05, 4.69) is 46.8 Å². The number of rotatable bonds is 26. The molecule has 2 unspecified atom stereocenters. The average Bonchev–Trinajstić information content (AvgIpc) is 2.92. The summed E-state index contributed by atoms with van der Waals surface area (Å²) in [6, 6.07) is 4.62. The van der Waals surface area contributed by atoms with E-state index < -0.39 is 0 Å². The van der Waals surface area contributed by atoms with Crippen molar-refractivity contribution in [3.8, 4) is 5.75 Å². The molecule has 38 heavy (non-hydrogen) atoms. The van der Waals surface area contributed by atoms with Crippen LogP contribution in [-0.2, 0) is 0 Å². The summed E-state index contributed by atoms with van der Waals surface area (Å²) in [5, 5.41) is 11.2. The number of unbranched alkanes of at least 4 members (excludes halogenated alkanes) is 17. The molecular weight excluding hydrogens is 480 g/mol. The van der Waals surface area contributed by atoms with E-state index in [9.17, 15) is 5.11 Å². The van der Waals surface area contributed by atoms with E-state index in [1.54, 1.807) is 0 Å². The first-order chi connectivity index (χ1) is 18.5. The number of phenols is 1. The van der Waals surface area contributed by atoms with Gasteiger partial charge in [-0.3, -0.25) is 0 Å². The lowest BCUT2D eigenvalue weighted by Crippen LogP contribution is -2.01. The molecule has 0 fully saturated rings. The topological polar surface area (TPSA) is 20.2 Å². The molecule has 0 spiro atoms. The fourth-order valence-corrected chi connectivity index (χ4v) is 6.66. The van der Waals surface area contributed by atoms with Crippen molar-refractivity contribution < 1.29 is 5.11 Å². The minimum absolute atomic E-state index is 0.433. The third-order valence-corrected chi connectivity index (χ3v) is 9.51. The van der Waals surface area contributed by atoms with Crippen molar-refractivity contribution >= 4 is 11.8 Å². The van der Waals surface area contributed by atoms with E-state index in [0.717, 1.165) is 0 Å². The lowest BCUT2D eigenvalue weighted by molar-refractivity contribution is 0.443. The summed E-state index contributed by atoms with van der Waals surface area (Å²) in [6.07, 6.45) is 30.0. The van der Waals surface area contributed by atoms with Crippen LogP contribution in [0.15, 0.2) is 17.0 Å². The van der Waals surface area contributed by atoms with E-state index >= 15 is 0 Å². The third-order valence-electron chi connectivity index (χ3n) is 8.45. The molecule has 1 N–H and O–H groups in total. The molecule has 2 atom stereocenters. The molecule has 0 amide bonds. The van der Waals surface area contributed by atoms with Gasteiger partial charge in [0.2, 0.25) is 0 Å². The quantitative estimate of drug-likeness (QED) is 0.0920. The normalized spacial score (nSPS) is 13.2. The maximum atomic E-state index is 11.2. The van der Waals surface area contributed by atoms with Gasteiger partial charge in [-0.25, -0.2) is 0 Å². The summed E-state index contributed by atoms with van der Waals surface area (Å²) >= 11 is 2.02. The van der Waals surface area contributed by atoms with Crippen LogP contribution in [0, 0.1) is 0 Å². The molecule has 2 heteroatoms. The number of phenolic OH excluding ortho intramolecular Hbond substituents is 1. The van der Waals surface area contributed by atoms with Gasteiger partial charge < -0.3 is 5.11 Å². The molecule has 222 valence electrons. The van der Waals surface area contributed by atoms with Gasteiger partial charge in [0.15, 0.2) is 0 Å². The molecule has 0 aromatic heterocycles. The Morgan fingerprint density at radius 2 is 0.868 bits per heavy atom. The first-order valence-corrected chi connectivity index (χ1v) is 18.0. The van der Waals surface area contributed by atoms with Gasteiger partial charge in [-0.05, 0) is 60.1 Å². The number of hydrogen-bond acceptors (Lipinski definition) is 2. The Labute approximate surface area is 243 Å². The molecule has 0 saturated carbocycles. The summed E-state index contributed by atoms with van der Waals surface area (Å²) < 4.78 is 0. The van der Waals surface area contributed by atoms with Crippen LogP contribution in [0.2, 0.25) is 0 Å². The first kappa shape index (κ1) is 35.4. The summed E-state index contributed by atoms with van der Waals surface area (Å²) in [7, 11) is 0. The number of hydrogen-bond donors (Lipinski definition) is 1. The minimum atomic E-state index is 0.433. The van der Waals surface area contributed by atoms with Gasteiger partial charge in [-0.1, -0.05) is 157 Å². The highest BCUT2D eigenvalue weighted by atomic mass is 32.2. The van der Waals surface area contributed by atoms with E-state index in [1.807, 2.05) is 11.8 Å². The molecule has 0 bridgehead atoms. The van der Waals surface area contributed by atoms with E-state index in [4.69, 9.17) is 0 Å². The molecule has 0 radical (unpaired) electrons. The maximum absolute atomic E-state index is 11.2. The fourth-order valence-electron chi connectivity index (χ4n) is 5.66. The second-order valence-corrected chi connectivity index (χ2v) is 13.4. The van der Waals surface area contributed by atoms with Gasteiger partial charge >= 0.3 is 0 Å². The van der Waals surface area contributed by atoms with Crippen LogP contribution in [-0.4, -0.2) is 10.9 Å². The Kier molecular flexibility index (Phi) is 22.5. The SMILES string of the molecule is CCCCCCCCCCCCCCCCCCSc1cc(C(C)CCCC)c(O)c(C(C)CCCC)c1. The highest BCUT2D eigenvalue weighted by Gasteiger charge is 2.19. The Morgan fingerprint density at radius 1 is 0.526 bits per heavy atom. The Bertz CT molecular complexity index is 634.